The highest BCUT2D eigenvalue weighted by Crippen LogP contribution is 2.25. The van der Waals surface area contributed by atoms with Gasteiger partial charge in [-0.3, -0.25) is 9.10 Å². The minimum Gasteiger partial charge on any atom is -0.354 e. The molecule has 0 spiro atoms. The lowest BCUT2D eigenvalue weighted by Crippen LogP contribution is -2.49. The normalized spacial score (nSPS) is 12.4. The number of hydrogen-bond donors (Lipinski definition) is 1. The minimum atomic E-state index is -3.60. The maximum Gasteiger partial charge on any atom is 0.243 e. The van der Waals surface area contributed by atoms with E-state index in [1.54, 1.807) is 6.07 Å². The zero-order chi connectivity index (χ0) is 20.7. The number of amides is 1. The Morgan fingerprint density at radius 3 is 2.32 bits per heavy atom. The van der Waals surface area contributed by atoms with Crippen LogP contribution in [0.4, 0.5) is 5.69 Å². The number of rotatable bonds is 9. The van der Waals surface area contributed by atoms with Gasteiger partial charge < -0.3 is 5.32 Å². The first-order valence-electron chi connectivity index (χ1n) is 9.62. The molecule has 0 fully saturated rings. The lowest BCUT2D eigenvalue weighted by Gasteiger charge is -2.30. The largest absolute Gasteiger partial charge is 0.354 e. The second kappa shape index (κ2) is 9.73. The molecule has 0 saturated carbocycles. The van der Waals surface area contributed by atoms with E-state index in [2.05, 4.69) is 17.4 Å². The van der Waals surface area contributed by atoms with Crippen molar-refractivity contribution < 1.29 is 13.2 Å². The maximum atomic E-state index is 12.8. The maximum absolute atomic E-state index is 12.8. The van der Waals surface area contributed by atoms with Crippen LogP contribution in [0.5, 0.6) is 0 Å². The molecular weight excluding hydrogens is 372 g/mol. The van der Waals surface area contributed by atoms with Gasteiger partial charge in [0.05, 0.1) is 11.9 Å². The third kappa shape index (κ3) is 5.83. The summed E-state index contributed by atoms with van der Waals surface area (Å²) in [5.74, 6) is -0.265. The lowest BCUT2D eigenvalue weighted by atomic mass is 10.1. The van der Waals surface area contributed by atoms with Crippen molar-refractivity contribution in [1.82, 2.24) is 5.32 Å². The fourth-order valence-electron chi connectivity index (χ4n) is 3.19. The predicted molar refractivity (Wildman–Crippen MR) is 115 cm³/mol. The third-order valence-electron chi connectivity index (χ3n) is 4.86. The van der Waals surface area contributed by atoms with Crippen LogP contribution in [0.3, 0.4) is 0 Å². The first-order chi connectivity index (χ1) is 13.2. The van der Waals surface area contributed by atoms with Gasteiger partial charge in [0.25, 0.3) is 0 Å². The molecule has 0 aliphatic rings. The molecular formula is C22H30N2O3S. The predicted octanol–water partition coefficient (Wildman–Crippen LogP) is 3.60. The van der Waals surface area contributed by atoms with Gasteiger partial charge in [-0.05, 0) is 61.9 Å². The number of carbonyl (C=O) groups is 1. The van der Waals surface area contributed by atoms with Crippen LogP contribution in [0.1, 0.15) is 36.5 Å². The molecule has 1 N–H and O–H groups in total. The van der Waals surface area contributed by atoms with E-state index >= 15 is 0 Å². The topological polar surface area (TPSA) is 66.5 Å². The Labute approximate surface area is 168 Å². The highest BCUT2D eigenvalue weighted by molar-refractivity contribution is 7.92. The summed E-state index contributed by atoms with van der Waals surface area (Å²) in [7, 11) is -3.60. The van der Waals surface area contributed by atoms with Gasteiger partial charge in [-0.1, -0.05) is 43.3 Å². The second-order valence-corrected chi connectivity index (χ2v) is 8.99. The molecule has 0 bridgehead atoms. The van der Waals surface area contributed by atoms with Crippen LogP contribution in [-0.2, 0) is 21.2 Å². The molecule has 0 aliphatic carbocycles. The SMILES string of the molecule is CC[C@@H](C(=O)NCCCc1ccccc1)N(c1ccc(C)c(C)c1)S(C)(=O)=O. The van der Waals surface area contributed by atoms with Crippen LogP contribution in [0.15, 0.2) is 48.5 Å². The fourth-order valence-corrected chi connectivity index (χ4v) is 4.39. The number of carbonyl (C=O) groups excluding carboxylic acids is 1. The first-order valence-corrected chi connectivity index (χ1v) is 11.5. The fraction of sp³-hybridized carbons (Fsp3) is 0.409. The molecule has 0 saturated heterocycles. The summed E-state index contributed by atoms with van der Waals surface area (Å²) in [5.41, 5.74) is 3.81. The highest BCUT2D eigenvalue weighted by Gasteiger charge is 2.31. The van der Waals surface area contributed by atoms with Crippen LogP contribution >= 0.6 is 0 Å². The van der Waals surface area contributed by atoms with Crippen LogP contribution in [0, 0.1) is 13.8 Å². The summed E-state index contributed by atoms with van der Waals surface area (Å²) >= 11 is 0. The lowest BCUT2D eigenvalue weighted by molar-refractivity contribution is -0.122. The Kier molecular flexibility index (Phi) is 7.63. The van der Waals surface area contributed by atoms with Gasteiger partial charge in [-0.25, -0.2) is 8.42 Å². The van der Waals surface area contributed by atoms with Crippen LogP contribution < -0.4 is 9.62 Å². The van der Waals surface area contributed by atoms with Crippen molar-refractivity contribution in [3.8, 4) is 0 Å². The average molecular weight is 403 g/mol. The van der Waals surface area contributed by atoms with Crippen LogP contribution in [0.25, 0.3) is 0 Å². The molecule has 1 amide bonds. The summed E-state index contributed by atoms with van der Waals surface area (Å²) in [6, 6.07) is 14.8. The van der Waals surface area contributed by atoms with E-state index in [0.29, 0.717) is 18.7 Å². The van der Waals surface area contributed by atoms with Crippen LogP contribution in [0.2, 0.25) is 0 Å². The van der Waals surface area contributed by atoms with Gasteiger partial charge >= 0.3 is 0 Å². The Morgan fingerprint density at radius 1 is 1.07 bits per heavy atom. The van der Waals surface area contributed by atoms with Crippen molar-refractivity contribution in [2.45, 2.75) is 46.1 Å². The number of aryl methyl sites for hydroxylation is 3. The van der Waals surface area contributed by atoms with E-state index < -0.39 is 16.1 Å². The molecule has 5 nitrogen and oxygen atoms in total. The van der Waals surface area contributed by atoms with Gasteiger partial charge in [-0.2, -0.15) is 0 Å². The van der Waals surface area contributed by atoms with Crippen molar-refractivity contribution in [3.63, 3.8) is 0 Å². The minimum absolute atomic E-state index is 0.265. The van der Waals surface area contributed by atoms with E-state index in [9.17, 15) is 13.2 Å². The van der Waals surface area contributed by atoms with Crippen molar-refractivity contribution in [1.29, 1.82) is 0 Å². The van der Waals surface area contributed by atoms with E-state index in [1.165, 1.54) is 9.87 Å². The molecule has 152 valence electrons. The summed E-state index contributed by atoms with van der Waals surface area (Å²) in [6.45, 7) is 6.24. The molecule has 2 aromatic carbocycles. The van der Waals surface area contributed by atoms with Crippen LogP contribution in [-0.4, -0.2) is 33.2 Å². The van der Waals surface area contributed by atoms with Crippen molar-refractivity contribution in [2.24, 2.45) is 0 Å². The molecule has 0 aromatic heterocycles. The smallest absolute Gasteiger partial charge is 0.243 e. The standard InChI is InChI=1S/C22H30N2O3S/c1-5-21(22(25)23-15-9-12-19-10-7-6-8-11-19)24(28(4,26)27)20-14-13-17(2)18(3)16-20/h6-8,10-11,13-14,16,21H,5,9,12,15H2,1-4H3,(H,23,25)/t21-/m0/s1. The zero-order valence-electron chi connectivity index (χ0n) is 17.1. The van der Waals surface area contributed by atoms with Gasteiger partial charge in [0.2, 0.25) is 15.9 Å². The van der Waals surface area contributed by atoms with E-state index in [-0.39, 0.29) is 5.91 Å². The molecule has 1 atom stereocenters. The van der Waals surface area contributed by atoms with Crippen molar-refractivity contribution >= 4 is 21.6 Å². The number of nitrogens with zero attached hydrogens (tertiary/aromatic N) is 1. The molecule has 0 aliphatic heterocycles. The number of sulfonamides is 1. The van der Waals surface area contributed by atoms with Gasteiger partial charge in [-0.15, -0.1) is 0 Å². The summed E-state index contributed by atoms with van der Waals surface area (Å²) in [4.78, 5) is 12.8. The molecule has 0 unspecified atom stereocenters. The molecule has 0 heterocycles. The molecule has 6 heteroatoms. The number of anilines is 1. The number of nitrogens with one attached hydrogen (secondary N) is 1. The molecule has 2 rings (SSSR count). The Morgan fingerprint density at radius 2 is 1.75 bits per heavy atom. The summed E-state index contributed by atoms with van der Waals surface area (Å²) < 4.78 is 26.2. The number of benzene rings is 2. The highest BCUT2D eigenvalue weighted by atomic mass is 32.2. The molecule has 2 aromatic rings. The van der Waals surface area contributed by atoms with E-state index in [1.807, 2.05) is 51.1 Å². The van der Waals surface area contributed by atoms with E-state index in [0.717, 1.165) is 30.2 Å². The Balaban J connectivity index is 2.09. The molecule has 0 radical (unpaired) electrons. The molecule has 28 heavy (non-hydrogen) atoms. The zero-order valence-corrected chi connectivity index (χ0v) is 17.9. The third-order valence-corrected chi connectivity index (χ3v) is 6.04. The van der Waals surface area contributed by atoms with Gasteiger partial charge in [0, 0.05) is 6.54 Å². The summed E-state index contributed by atoms with van der Waals surface area (Å²) in [6.07, 6.45) is 3.21. The van der Waals surface area contributed by atoms with Crippen molar-refractivity contribution in [2.75, 3.05) is 17.1 Å². The van der Waals surface area contributed by atoms with Crippen molar-refractivity contribution in [3.05, 3.63) is 65.2 Å². The first kappa shape index (κ1) is 22.0. The quantitative estimate of drug-likeness (QED) is 0.652. The van der Waals surface area contributed by atoms with E-state index in [4.69, 9.17) is 0 Å². The van der Waals surface area contributed by atoms with Gasteiger partial charge in [0.1, 0.15) is 6.04 Å². The monoisotopic (exact) mass is 402 g/mol. The second-order valence-electron chi connectivity index (χ2n) is 7.13. The Bertz CT molecular complexity index is 895. The van der Waals surface area contributed by atoms with Gasteiger partial charge in [0.15, 0.2) is 0 Å². The average Bonchev–Trinajstić information content (AvgIpc) is 2.65. The Hall–Kier alpha value is -2.34. The number of hydrogen-bond acceptors (Lipinski definition) is 3. The summed E-state index contributed by atoms with van der Waals surface area (Å²) in [5, 5.41) is 2.91.